The molecule has 0 heterocycles. The third-order valence-electron chi connectivity index (χ3n) is 5.53. The fraction of sp³-hybridized carbons (Fsp3) is 0.269. The molecule has 0 spiro atoms. The molecule has 3 aromatic rings. The van der Waals surface area contributed by atoms with Crippen LogP contribution in [0.4, 0.5) is 24.5 Å². The van der Waals surface area contributed by atoms with Gasteiger partial charge in [-0.3, -0.25) is 0 Å². The molecule has 174 valence electrons. The van der Waals surface area contributed by atoms with Crippen molar-refractivity contribution < 1.29 is 27.8 Å². The fourth-order valence-electron chi connectivity index (χ4n) is 3.70. The molecule has 3 rings (SSSR count). The number of aliphatic carboxylic acids is 1. The lowest BCUT2D eigenvalue weighted by atomic mass is 10.0. The van der Waals surface area contributed by atoms with Gasteiger partial charge in [0.15, 0.2) is 6.10 Å². The molecule has 1 N–H and O–H groups in total. The lowest BCUT2D eigenvalue weighted by Gasteiger charge is -2.27. The molecule has 7 heteroatoms. The van der Waals surface area contributed by atoms with Crippen LogP contribution < -0.4 is 9.64 Å². The summed E-state index contributed by atoms with van der Waals surface area (Å²) in [5, 5.41) is 9.49. The topological polar surface area (TPSA) is 49.8 Å². The SMILES string of the molecule is Cc1cc(OC(C(=O)O)C(C)C)c(C)c(N(C)c2cc(-c3cccc(F)c3)ccc2F)c1F. The van der Waals surface area contributed by atoms with Crippen molar-refractivity contribution in [1.29, 1.82) is 0 Å². The van der Waals surface area contributed by atoms with E-state index in [2.05, 4.69) is 0 Å². The lowest BCUT2D eigenvalue weighted by molar-refractivity contribution is -0.147. The molecule has 0 amide bonds. The summed E-state index contributed by atoms with van der Waals surface area (Å²) in [5.41, 5.74) is 1.82. The summed E-state index contributed by atoms with van der Waals surface area (Å²) in [6, 6.07) is 11.6. The number of anilines is 2. The van der Waals surface area contributed by atoms with E-state index in [9.17, 15) is 18.7 Å². The molecule has 0 aliphatic rings. The second-order valence-corrected chi connectivity index (χ2v) is 8.34. The van der Waals surface area contributed by atoms with E-state index in [0.29, 0.717) is 16.7 Å². The highest BCUT2D eigenvalue weighted by Crippen LogP contribution is 2.39. The van der Waals surface area contributed by atoms with Gasteiger partial charge in [0, 0.05) is 18.5 Å². The smallest absolute Gasteiger partial charge is 0.345 e. The van der Waals surface area contributed by atoms with Crippen LogP contribution in [0.25, 0.3) is 11.1 Å². The van der Waals surface area contributed by atoms with E-state index in [-0.39, 0.29) is 28.6 Å². The average molecular weight is 457 g/mol. The number of nitrogens with zero attached hydrogens (tertiary/aromatic N) is 1. The molecule has 0 radical (unpaired) electrons. The summed E-state index contributed by atoms with van der Waals surface area (Å²) in [5.74, 6) is -2.84. The molecule has 33 heavy (non-hydrogen) atoms. The first-order valence-corrected chi connectivity index (χ1v) is 10.5. The zero-order valence-corrected chi connectivity index (χ0v) is 19.1. The van der Waals surface area contributed by atoms with Crippen molar-refractivity contribution in [2.75, 3.05) is 11.9 Å². The summed E-state index contributed by atoms with van der Waals surface area (Å²) in [7, 11) is 1.51. The largest absolute Gasteiger partial charge is 0.478 e. The van der Waals surface area contributed by atoms with Gasteiger partial charge in [-0.25, -0.2) is 18.0 Å². The van der Waals surface area contributed by atoms with E-state index in [1.54, 1.807) is 32.9 Å². The molecule has 0 aromatic heterocycles. The zero-order chi connectivity index (χ0) is 24.4. The molecule has 0 aliphatic carbocycles. The molecular weight excluding hydrogens is 431 g/mol. The van der Waals surface area contributed by atoms with Crippen molar-refractivity contribution in [3.05, 3.63) is 77.1 Å². The van der Waals surface area contributed by atoms with Crippen LogP contribution in [0.15, 0.2) is 48.5 Å². The number of halogens is 3. The van der Waals surface area contributed by atoms with Crippen LogP contribution in [0.1, 0.15) is 25.0 Å². The Labute approximate surface area is 191 Å². The summed E-state index contributed by atoms with van der Waals surface area (Å²) < 4.78 is 49.5. The van der Waals surface area contributed by atoms with Crippen LogP contribution in [0.5, 0.6) is 5.75 Å². The van der Waals surface area contributed by atoms with Crippen molar-refractivity contribution in [2.45, 2.75) is 33.8 Å². The van der Waals surface area contributed by atoms with Gasteiger partial charge < -0.3 is 14.7 Å². The van der Waals surface area contributed by atoms with Crippen LogP contribution >= 0.6 is 0 Å². The maximum atomic E-state index is 15.3. The van der Waals surface area contributed by atoms with Gasteiger partial charge in [-0.05, 0) is 60.9 Å². The summed E-state index contributed by atoms with van der Waals surface area (Å²) in [6.45, 7) is 6.55. The minimum absolute atomic E-state index is 0.0631. The number of benzene rings is 3. The number of rotatable bonds is 7. The number of hydrogen-bond acceptors (Lipinski definition) is 3. The lowest BCUT2D eigenvalue weighted by Crippen LogP contribution is -2.32. The fourth-order valence-corrected chi connectivity index (χ4v) is 3.70. The number of aryl methyl sites for hydroxylation is 1. The summed E-state index contributed by atoms with van der Waals surface area (Å²) in [6.07, 6.45) is -1.13. The van der Waals surface area contributed by atoms with E-state index in [1.807, 2.05) is 0 Å². The normalized spacial score (nSPS) is 12.0. The van der Waals surface area contributed by atoms with Crippen LogP contribution in [-0.4, -0.2) is 24.2 Å². The van der Waals surface area contributed by atoms with Crippen LogP contribution in [0.2, 0.25) is 0 Å². The van der Waals surface area contributed by atoms with Crippen LogP contribution in [-0.2, 0) is 4.79 Å². The van der Waals surface area contributed by atoms with Crippen LogP contribution in [0.3, 0.4) is 0 Å². The third kappa shape index (κ3) is 4.97. The Balaban J connectivity index is 2.10. The number of carboxylic acids is 1. The van der Waals surface area contributed by atoms with Gasteiger partial charge in [0.05, 0.1) is 11.4 Å². The Kier molecular flexibility index (Phi) is 7.01. The zero-order valence-electron chi connectivity index (χ0n) is 19.1. The Morgan fingerprint density at radius 2 is 1.67 bits per heavy atom. The van der Waals surface area contributed by atoms with E-state index >= 15 is 4.39 Å². The highest BCUT2D eigenvalue weighted by molar-refractivity contribution is 5.76. The second-order valence-electron chi connectivity index (χ2n) is 8.34. The minimum atomic E-state index is -1.13. The molecule has 1 atom stereocenters. The molecule has 0 aliphatic heterocycles. The average Bonchev–Trinajstić information content (AvgIpc) is 2.75. The summed E-state index contributed by atoms with van der Waals surface area (Å²) >= 11 is 0. The Hall–Kier alpha value is -3.48. The second kappa shape index (κ2) is 9.57. The van der Waals surface area contributed by atoms with Crippen molar-refractivity contribution in [3.63, 3.8) is 0 Å². The third-order valence-corrected chi connectivity index (χ3v) is 5.53. The number of hydrogen-bond donors (Lipinski definition) is 1. The first kappa shape index (κ1) is 24.2. The maximum absolute atomic E-state index is 15.3. The van der Waals surface area contributed by atoms with Gasteiger partial charge in [-0.15, -0.1) is 0 Å². The Morgan fingerprint density at radius 1 is 1.00 bits per heavy atom. The quantitative estimate of drug-likeness (QED) is 0.432. The molecule has 0 fully saturated rings. The predicted molar refractivity (Wildman–Crippen MR) is 123 cm³/mol. The predicted octanol–water partition coefficient (Wildman–Crippen LogP) is 6.64. The Morgan fingerprint density at radius 3 is 2.27 bits per heavy atom. The van der Waals surface area contributed by atoms with Crippen molar-refractivity contribution in [2.24, 2.45) is 5.92 Å². The summed E-state index contributed by atoms with van der Waals surface area (Å²) in [4.78, 5) is 13.0. The van der Waals surface area contributed by atoms with Crippen molar-refractivity contribution >= 4 is 17.3 Å². The first-order chi connectivity index (χ1) is 15.5. The molecule has 0 saturated carbocycles. The van der Waals surface area contributed by atoms with Gasteiger partial charge in [0.2, 0.25) is 0 Å². The van der Waals surface area contributed by atoms with E-state index in [4.69, 9.17) is 4.74 Å². The van der Waals surface area contributed by atoms with Gasteiger partial charge >= 0.3 is 5.97 Å². The van der Waals surface area contributed by atoms with Gasteiger partial charge in [0.1, 0.15) is 23.2 Å². The minimum Gasteiger partial charge on any atom is -0.478 e. The number of carbonyl (C=O) groups is 1. The molecule has 4 nitrogen and oxygen atoms in total. The van der Waals surface area contributed by atoms with Gasteiger partial charge in [-0.1, -0.05) is 32.0 Å². The van der Waals surface area contributed by atoms with E-state index in [1.165, 1.54) is 55.3 Å². The van der Waals surface area contributed by atoms with E-state index < -0.39 is 29.5 Å². The molecule has 0 saturated heterocycles. The molecule has 3 aromatic carbocycles. The highest BCUT2D eigenvalue weighted by Gasteiger charge is 2.27. The first-order valence-electron chi connectivity index (χ1n) is 10.5. The van der Waals surface area contributed by atoms with E-state index in [0.717, 1.165) is 0 Å². The maximum Gasteiger partial charge on any atom is 0.345 e. The van der Waals surface area contributed by atoms with Gasteiger partial charge in [-0.2, -0.15) is 0 Å². The van der Waals surface area contributed by atoms with Crippen molar-refractivity contribution in [3.8, 4) is 16.9 Å². The standard InChI is InChI=1S/C26H26F3NO3/c1-14(2)25(26(31)32)33-22-11-15(3)23(29)24(16(22)4)30(5)21-13-18(9-10-20(21)28)17-7-6-8-19(27)12-17/h6-14,25H,1-5H3,(H,31,32). The molecule has 0 bridgehead atoms. The number of ether oxygens (including phenoxy) is 1. The molecule has 1 unspecified atom stereocenters. The van der Waals surface area contributed by atoms with Crippen molar-refractivity contribution in [1.82, 2.24) is 0 Å². The molecular formula is C26H26F3NO3. The number of carboxylic acid groups (broad SMARTS) is 1. The van der Waals surface area contributed by atoms with Crippen LogP contribution in [0, 0.1) is 37.2 Å². The highest BCUT2D eigenvalue weighted by atomic mass is 19.1. The van der Waals surface area contributed by atoms with Gasteiger partial charge in [0.25, 0.3) is 0 Å². The monoisotopic (exact) mass is 457 g/mol. The Bertz CT molecular complexity index is 1190.